The largest absolute Gasteiger partial charge is 0.481 e. The Bertz CT molecular complexity index is 450. The van der Waals surface area contributed by atoms with Gasteiger partial charge in [-0.05, 0) is 32.6 Å². The summed E-state index contributed by atoms with van der Waals surface area (Å²) in [4.78, 5) is 36.1. The molecule has 0 aromatic heterocycles. The number of aliphatic carboxylic acids is 1. The molecule has 3 amide bonds. The lowest BCUT2D eigenvalue weighted by Gasteiger charge is -2.42. The van der Waals surface area contributed by atoms with Crippen LogP contribution in [0.4, 0.5) is 4.79 Å². The maximum atomic E-state index is 12.3. The van der Waals surface area contributed by atoms with Crippen molar-refractivity contribution in [2.24, 2.45) is 5.92 Å². The zero-order chi connectivity index (χ0) is 15.6. The summed E-state index contributed by atoms with van der Waals surface area (Å²) >= 11 is 0. The maximum absolute atomic E-state index is 12.3. The normalized spacial score (nSPS) is 25.8. The first-order valence-electron chi connectivity index (χ1n) is 7.35. The smallest absolute Gasteiger partial charge is 0.317 e. The molecule has 7 nitrogen and oxygen atoms in total. The molecule has 0 saturated carbocycles. The quantitative estimate of drug-likeness (QED) is 0.708. The Kier molecular flexibility index (Phi) is 4.39. The van der Waals surface area contributed by atoms with E-state index in [0.717, 1.165) is 12.8 Å². The van der Waals surface area contributed by atoms with Crippen LogP contribution in [0.25, 0.3) is 0 Å². The topological polar surface area (TPSA) is 98.7 Å². The van der Waals surface area contributed by atoms with Crippen molar-refractivity contribution in [2.45, 2.75) is 51.1 Å². The van der Waals surface area contributed by atoms with Gasteiger partial charge in [-0.25, -0.2) is 4.79 Å². The van der Waals surface area contributed by atoms with Crippen LogP contribution in [0.3, 0.4) is 0 Å². The fourth-order valence-corrected chi connectivity index (χ4v) is 3.09. The fourth-order valence-electron chi connectivity index (χ4n) is 3.09. The van der Waals surface area contributed by atoms with Gasteiger partial charge in [0.25, 0.3) is 0 Å². The molecule has 0 aliphatic carbocycles. The summed E-state index contributed by atoms with van der Waals surface area (Å²) in [6, 6.07) is -0.0565. The van der Waals surface area contributed by atoms with Gasteiger partial charge in [-0.2, -0.15) is 0 Å². The molecule has 3 N–H and O–H groups in total. The number of urea groups is 1. The fraction of sp³-hybridized carbons (Fsp3) is 0.786. The maximum Gasteiger partial charge on any atom is 0.317 e. The molecule has 7 heteroatoms. The Labute approximate surface area is 124 Å². The third-order valence-electron chi connectivity index (χ3n) is 4.15. The summed E-state index contributed by atoms with van der Waals surface area (Å²) in [5.41, 5.74) is -0.777. The number of carbonyl (C=O) groups is 3. The van der Waals surface area contributed by atoms with Crippen molar-refractivity contribution in [1.82, 2.24) is 15.5 Å². The van der Waals surface area contributed by atoms with E-state index in [2.05, 4.69) is 10.6 Å². The van der Waals surface area contributed by atoms with Crippen molar-refractivity contribution in [1.29, 1.82) is 0 Å². The molecule has 0 aromatic carbocycles. The molecule has 2 unspecified atom stereocenters. The van der Waals surface area contributed by atoms with Gasteiger partial charge in [0, 0.05) is 31.1 Å². The van der Waals surface area contributed by atoms with Crippen molar-refractivity contribution < 1.29 is 19.5 Å². The van der Waals surface area contributed by atoms with E-state index >= 15 is 0 Å². The molecule has 118 valence electrons. The molecule has 0 aromatic rings. The van der Waals surface area contributed by atoms with Gasteiger partial charge in [0.2, 0.25) is 5.91 Å². The van der Waals surface area contributed by atoms with Gasteiger partial charge in [-0.15, -0.1) is 0 Å². The minimum atomic E-state index is -0.936. The summed E-state index contributed by atoms with van der Waals surface area (Å²) in [5.74, 6) is -0.546. The number of nitrogens with zero attached hydrogens (tertiary/aromatic N) is 1. The molecule has 2 heterocycles. The Morgan fingerprint density at radius 1 is 1.43 bits per heavy atom. The minimum Gasteiger partial charge on any atom is -0.481 e. The molecule has 2 aliphatic rings. The highest BCUT2D eigenvalue weighted by Gasteiger charge is 2.36. The lowest BCUT2D eigenvalue weighted by atomic mass is 9.85. The molecule has 0 spiro atoms. The van der Waals surface area contributed by atoms with Gasteiger partial charge < -0.3 is 20.6 Å². The van der Waals surface area contributed by atoms with E-state index in [1.807, 2.05) is 0 Å². The van der Waals surface area contributed by atoms with Crippen LogP contribution in [-0.2, 0) is 9.59 Å². The number of carboxylic acids is 1. The monoisotopic (exact) mass is 297 g/mol. The summed E-state index contributed by atoms with van der Waals surface area (Å²) in [6.07, 6.45) is 1.96. The second-order valence-corrected chi connectivity index (χ2v) is 6.59. The van der Waals surface area contributed by atoms with Gasteiger partial charge in [-0.3, -0.25) is 9.59 Å². The van der Waals surface area contributed by atoms with Crippen LogP contribution in [-0.4, -0.2) is 52.6 Å². The van der Waals surface area contributed by atoms with E-state index in [1.54, 1.807) is 18.7 Å². The molecule has 21 heavy (non-hydrogen) atoms. The predicted octanol–water partition coefficient (Wildman–Crippen LogP) is 0.550. The van der Waals surface area contributed by atoms with Gasteiger partial charge in [-0.1, -0.05) is 0 Å². The Morgan fingerprint density at radius 3 is 2.81 bits per heavy atom. The first-order valence-corrected chi connectivity index (χ1v) is 7.35. The van der Waals surface area contributed by atoms with Crippen LogP contribution >= 0.6 is 0 Å². The number of amides is 3. The number of hydrogen-bond donors (Lipinski definition) is 3. The van der Waals surface area contributed by atoms with E-state index < -0.39 is 11.5 Å². The third kappa shape index (κ3) is 4.09. The average molecular weight is 297 g/mol. The Hall–Kier alpha value is -1.79. The highest BCUT2D eigenvalue weighted by molar-refractivity contribution is 5.78. The zero-order valence-electron chi connectivity index (χ0n) is 12.5. The number of nitrogens with one attached hydrogen (secondary N) is 2. The van der Waals surface area contributed by atoms with Crippen molar-refractivity contribution in [3.05, 3.63) is 0 Å². The van der Waals surface area contributed by atoms with Gasteiger partial charge in [0.15, 0.2) is 0 Å². The highest BCUT2D eigenvalue weighted by Crippen LogP contribution is 2.25. The van der Waals surface area contributed by atoms with Crippen LogP contribution in [0.2, 0.25) is 0 Å². The molecular weight excluding hydrogens is 274 g/mol. The molecule has 0 bridgehead atoms. The summed E-state index contributed by atoms with van der Waals surface area (Å²) < 4.78 is 0. The van der Waals surface area contributed by atoms with E-state index in [-0.39, 0.29) is 24.4 Å². The van der Waals surface area contributed by atoms with Crippen molar-refractivity contribution in [2.75, 3.05) is 13.1 Å². The number of piperidine rings is 2. The second-order valence-electron chi connectivity index (χ2n) is 6.59. The SMILES string of the molecule is CC(C)(CC(=O)O)NC(=O)N1CCC2NC(=O)CCC2C1. The van der Waals surface area contributed by atoms with Crippen LogP contribution in [0, 0.1) is 5.92 Å². The van der Waals surface area contributed by atoms with Crippen molar-refractivity contribution in [3.63, 3.8) is 0 Å². The lowest BCUT2D eigenvalue weighted by molar-refractivity contribution is -0.138. The van der Waals surface area contributed by atoms with Crippen LogP contribution in [0.15, 0.2) is 0 Å². The summed E-state index contributed by atoms with van der Waals surface area (Å²) in [6.45, 7) is 4.59. The molecule has 2 atom stereocenters. The van der Waals surface area contributed by atoms with Crippen LogP contribution in [0.5, 0.6) is 0 Å². The molecule has 2 saturated heterocycles. The average Bonchev–Trinajstić information content (AvgIpc) is 2.35. The minimum absolute atomic E-state index is 0.0942. The van der Waals surface area contributed by atoms with E-state index in [4.69, 9.17) is 5.11 Å². The summed E-state index contributed by atoms with van der Waals surface area (Å²) in [5, 5.41) is 14.6. The standard InChI is InChI=1S/C14H23N3O4/c1-14(2,7-12(19)20)16-13(21)17-6-5-10-9(8-17)3-4-11(18)15-10/h9-10H,3-8H2,1-2H3,(H,15,18)(H,16,21)(H,19,20). The predicted molar refractivity (Wildman–Crippen MR) is 75.7 cm³/mol. The van der Waals surface area contributed by atoms with Gasteiger partial charge in [0.05, 0.1) is 6.42 Å². The van der Waals surface area contributed by atoms with Crippen LogP contribution in [0.1, 0.15) is 39.5 Å². The number of rotatable bonds is 3. The van der Waals surface area contributed by atoms with Gasteiger partial charge in [0.1, 0.15) is 0 Å². The Morgan fingerprint density at radius 2 is 2.14 bits per heavy atom. The third-order valence-corrected chi connectivity index (χ3v) is 4.15. The zero-order valence-corrected chi connectivity index (χ0v) is 12.5. The highest BCUT2D eigenvalue weighted by atomic mass is 16.4. The second kappa shape index (κ2) is 5.91. The summed E-state index contributed by atoms with van der Waals surface area (Å²) in [7, 11) is 0. The molecule has 2 aliphatic heterocycles. The Balaban J connectivity index is 1.89. The molecule has 0 radical (unpaired) electrons. The number of carboxylic acid groups (broad SMARTS) is 1. The van der Waals surface area contributed by atoms with Crippen molar-refractivity contribution in [3.8, 4) is 0 Å². The van der Waals surface area contributed by atoms with E-state index in [0.29, 0.717) is 25.4 Å². The molecular formula is C14H23N3O4. The van der Waals surface area contributed by atoms with Crippen molar-refractivity contribution >= 4 is 17.9 Å². The van der Waals surface area contributed by atoms with E-state index in [9.17, 15) is 14.4 Å². The first kappa shape index (κ1) is 15.6. The lowest BCUT2D eigenvalue weighted by Crippen LogP contribution is -2.58. The number of carbonyl (C=O) groups excluding carboxylic acids is 2. The van der Waals surface area contributed by atoms with E-state index in [1.165, 1.54) is 0 Å². The molecule has 2 rings (SSSR count). The van der Waals surface area contributed by atoms with Crippen LogP contribution < -0.4 is 10.6 Å². The number of likely N-dealkylation sites (tertiary alicyclic amines) is 1. The first-order chi connectivity index (χ1) is 9.77. The molecule has 2 fully saturated rings. The van der Waals surface area contributed by atoms with Gasteiger partial charge >= 0.3 is 12.0 Å². The number of fused-ring (bicyclic) bond motifs is 1. The number of hydrogen-bond acceptors (Lipinski definition) is 3.